The van der Waals surface area contributed by atoms with E-state index in [-0.39, 0.29) is 17.6 Å². The topological polar surface area (TPSA) is 83.9 Å². The van der Waals surface area contributed by atoms with Crippen LogP contribution in [0.5, 0.6) is 0 Å². The van der Waals surface area contributed by atoms with Gasteiger partial charge in [-0.2, -0.15) is 0 Å². The Balaban J connectivity index is 1.55. The van der Waals surface area contributed by atoms with Crippen molar-refractivity contribution >= 4 is 28.7 Å². The zero-order valence-corrected chi connectivity index (χ0v) is 19.4. The van der Waals surface area contributed by atoms with E-state index >= 15 is 0 Å². The van der Waals surface area contributed by atoms with E-state index in [1.165, 1.54) is 12.1 Å². The fourth-order valence-electron chi connectivity index (χ4n) is 4.11. The molecule has 1 atom stereocenters. The average molecular weight is 475 g/mol. The Labute approximate surface area is 200 Å². The third-order valence-corrected chi connectivity index (χ3v) is 6.61. The summed E-state index contributed by atoms with van der Waals surface area (Å²) in [7, 11) is 0. The van der Waals surface area contributed by atoms with Crippen LogP contribution in [0.2, 0.25) is 0 Å². The zero-order chi connectivity index (χ0) is 23.5. The van der Waals surface area contributed by atoms with Crippen molar-refractivity contribution in [3.05, 3.63) is 72.0 Å². The molecule has 4 aromatic rings. The van der Waals surface area contributed by atoms with Crippen molar-refractivity contribution in [2.75, 3.05) is 18.4 Å². The molecule has 5 rings (SSSR count). The lowest BCUT2D eigenvalue weighted by atomic mass is 9.96. The molecule has 0 radical (unpaired) electrons. The molecule has 1 amide bonds. The molecule has 0 spiro atoms. The quantitative estimate of drug-likeness (QED) is 0.424. The number of anilines is 2. The molecular formula is C25H23FN6OS. The van der Waals surface area contributed by atoms with Crippen LogP contribution in [-0.2, 0) is 4.79 Å². The summed E-state index contributed by atoms with van der Waals surface area (Å²) in [6.07, 6.45) is 7.09. The van der Waals surface area contributed by atoms with E-state index in [9.17, 15) is 9.18 Å². The molecule has 1 fully saturated rings. The molecule has 1 N–H and O–H groups in total. The average Bonchev–Trinajstić information content (AvgIpc) is 3.39. The number of hydrogen-bond acceptors (Lipinski definition) is 7. The highest BCUT2D eigenvalue weighted by Gasteiger charge is 2.26. The van der Waals surface area contributed by atoms with Gasteiger partial charge in [0.05, 0.1) is 5.69 Å². The molecular weight excluding hydrogens is 451 g/mol. The lowest BCUT2D eigenvalue weighted by Gasteiger charge is -2.31. The molecule has 0 bridgehead atoms. The van der Waals surface area contributed by atoms with Crippen LogP contribution in [-0.4, -0.2) is 43.8 Å². The number of halogens is 1. The predicted molar refractivity (Wildman–Crippen MR) is 130 cm³/mol. The van der Waals surface area contributed by atoms with E-state index in [1.54, 1.807) is 49.0 Å². The summed E-state index contributed by atoms with van der Waals surface area (Å²) in [6, 6.07) is 10.1. The van der Waals surface area contributed by atoms with Crippen LogP contribution in [0.15, 0.2) is 60.4 Å². The molecule has 4 heterocycles. The van der Waals surface area contributed by atoms with Gasteiger partial charge in [0.25, 0.3) is 0 Å². The molecule has 7 nitrogen and oxygen atoms in total. The maximum Gasteiger partial charge on any atom is 0.219 e. The smallest absolute Gasteiger partial charge is 0.219 e. The normalized spacial score (nSPS) is 15.8. The molecule has 1 aliphatic rings. The van der Waals surface area contributed by atoms with Crippen LogP contribution in [0.3, 0.4) is 0 Å². The second-order valence-electron chi connectivity index (χ2n) is 8.24. The molecule has 0 saturated carbocycles. The Morgan fingerprint density at radius 2 is 2.06 bits per heavy atom. The molecule has 1 aliphatic heterocycles. The van der Waals surface area contributed by atoms with Crippen molar-refractivity contribution in [1.29, 1.82) is 0 Å². The van der Waals surface area contributed by atoms with Gasteiger partial charge in [0, 0.05) is 72.8 Å². The molecule has 172 valence electrons. The highest BCUT2D eigenvalue weighted by atomic mass is 32.1. The van der Waals surface area contributed by atoms with Gasteiger partial charge in [-0.1, -0.05) is 6.07 Å². The van der Waals surface area contributed by atoms with Crippen molar-refractivity contribution in [3.63, 3.8) is 0 Å². The summed E-state index contributed by atoms with van der Waals surface area (Å²) in [4.78, 5) is 32.2. The van der Waals surface area contributed by atoms with Crippen molar-refractivity contribution in [1.82, 2.24) is 24.8 Å². The molecule has 1 saturated heterocycles. The minimum atomic E-state index is -0.329. The number of rotatable bonds is 5. The number of nitrogens with zero attached hydrogens (tertiary/aromatic N) is 5. The Hall–Kier alpha value is -3.72. The van der Waals surface area contributed by atoms with Crippen molar-refractivity contribution < 1.29 is 9.18 Å². The number of amides is 1. The van der Waals surface area contributed by atoms with Gasteiger partial charge < -0.3 is 10.2 Å². The standard InChI is InChI=1S/C25H23FN6OS/c1-16(33)32-8-3-4-17(15-32)24-30-22(12-23(31-24)29-21-6-2-5-20(26)11-21)18-10-19(14-27-13-18)25-28-7-9-34-25/h2,5-7,9-14,17H,3-4,8,15H2,1H3,(H,29,30,31). The van der Waals surface area contributed by atoms with E-state index in [4.69, 9.17) is 9.97 Å². The zero-order valence-electron chi connectivity index (χ0n) is 18.6. The van der Waals surface area contributed by atoms with E-state index in [0.29, 0.717) is 29.6 Å². The van der Waals surface area contributed by atoms with Crippen molar-refractivity contribution in [2.45, 2.75) is 25.7 Å². The van der Waals surface area contributed by atoms with Gasteiger partial charge in [-0.3, -0.25) is 9.78 Å². The monoisotopic (exact) mass is 474 g/mol. The number of benzene rings is 1. The van der Waals surface area contributed by atoms with Crippen LogP contribution in [0.1, 0.15) is 31.5 Å². The third kappa shape index (κ3) is 4.94. The summed E-state index contributed by atoms with van der Waals surface area (Å²) in [5.41, 5.74) is 3.04. The molecule has 3 aromatic heterocycles. The highest BCUT2D eigenvalue weighted by molar-refractivity contribution is 7.13. The van der Waals surface area contributed by atoms with Crippen LogP contribution < -0.4 is 5.32 Å². The van der Waals surface area contributed by atoms with Gasteiger partial charge in [-0.05, 0) is 37.1 Å². The van der Waals surface area contributed by atoms with Crippen molar-refractivity contribution in [2.24, 2.45) is 0 Å². The summed E-state index contributed by atoms with van der Waals surface area (Å²) < 4.78 is 13.8. The predicted octanol–water partition coefficient (Wildman–Crippen LogP) is 5.27. The Morgan fingerprint density at radius 1 is 1.18 bits per heavy atom. The van der Waals surface area contributed by atoms with Gasteiger partial charge in [-0.15, -0.1) is 11.3 Å². The first kappa shape index (κ1) is 22.1. The van der Waals surface area contributed by atoms with Gasteiger partial charge in [0.1, 0.15) is 22.5 Å². The summed E-state index contributed by atoms with van der Waals surface area (Å²) in [5.74, 6) is 0.955. The maximum absolute atomic E-state index is 13.8. The second kappa shape index (κ2) is 9.64. The fraction of sp³-hybridized carbons (Fsp3) is 0.240. The number of carbonyl (C=O) groups is 1. The Bertz CT molecular complexity index is 1310. The van der Waals surface area contributed by atoms with Gasteiger partial charge >= 0.3 is 0 Å². The minimum absolute atomic E-state index is 0.0146. The van der Waals surface area contributed by atoms with Crippen molar-refractivity contribution in [3.8, 4) is 21.8 Å². The molecule has 9 heteroatoms. The lowest BCUT2D eigenvalue weighted by Crippen LogP contribution is -2.38. The summed E-state index contributed by atoms with van der Waals surface area (Å²) in [6.45, 7) is 2.92. The van der Waals surface area contributed by atoms with E-state index < -0.39 is 0 Å². The number of carbonyl (C=O) groups excluding carboxylic acids is 1. The van der Waals surface area contributed by atoms with Crippen LogP contribution in [0.25, 0.3) is 21.8 Å². The van der Waals surface area contributed by atoms with Gasteiger partial charge in [0.15, 0.2) is 0 Å². The van der Waals surface area contributed by atoms with Crippen LogP contribution >= 0.6 is 11.3 Å². The SMILES string of the molecule is CC(=O)N1CCCC(c2nc(Nc3cccc(F)c3)cc(-c3cncc(-c4nccs4)c3)n2)C1. The molecule has 1 unspecified atom stereocenters. The number of hydrogen-bond donors (Lipinski definition) is 1. The first-order valence-corrected chi connectivity index (χ1v) is 12.0. The first-order valence-electron chi connectivity index (χ1n) is 11.1. The lowest BCUT2D eigenvalue weighted by molar-refractivity contribution is -0.130. The number of pyridine rings is 1. The number of thiazole rings is 1. The maximum atomic E-state index is 13.8. The Kier molecular flexibility index (Phi) is 6.27. The fourth-order valence-corrected chi connectivity index (χ4v) is 4.73. The molecule has 0 aliphatic carbocycles. The van der Waals surface area contributed by atoms with Crippen LogP contribution in [0.4, 0.5) is 15.9 Å². The third-order valence-electron chi connectivity index (χ3n) is 5.79. The van der Waals surface area contributed by atoms with Crippen LogP contribution in [0, 0.1) is 5.82 Å². The van der Waals surface area contributed by atoms with E-state index in [1.807, 2.05) is 22.4 Å². The summed E-state index contributed by atoms with van der Waals surface area (Å²) >= 11 is 1.55. The van der Waals surface area contributed by atoms with Gasteiger partial charge in [0.2, 0.25) is 5.91 Å². The van der Waals surface area contributed by atoms with E-state index in [0.717, 1.165) is 35.5 Å². The molecule has 1 aromatic carbocycles. The number of piperidine rings is 1. The minimum Gasteiger partial charge on any atom is -0.342 e. The largest absolute Gasteiger partial charge is 0.342 e. The number of aromatic nitrogens is 4. The highest BCUT2D eigenvalue weighted by Crippen LogP contribution is 2.31. The molecule has 34 heavy (non-hydrogen) atoms. The summed E-state index contributed by atoms with van der Waals surface area (Å²) in [5, 5.41) is 6.02. The Morgan fingerprint density at radius 3 is 2.85 bits per heavy atom. The number of likely N-dealkylation sites (tertiary alicyclic amines) is 1. The van der Waals surface area contributed by atoms with Gasteiger partial charge in [-0.25, -0.2) is 19.3 Å². The second-order valence-corrected chi connectivity index (χ2v) is 9.13. The number of nitrogens with one attached hydrogen (secondary N) is 1. The van der Waals surface area contributed by atoms with E-state index in [2.05, 4.69) is 15.3 Å². The first-order chi connectivity index (χ1) is 16.5.